The smallest absolute Gasteiger partial charge is 0.160 e. The van der Waals surface area contributed by atoms with Crippen molar-refractivity contribution in [3.05, 3.63) is 58.0 Å². The zero-order valence-corrected chi connectivity index (χ0v) is 12.8. The van der Waals surface area contributed by atoms with Crippen molar-refractivity contribution < 1.29 is 13.2 Å². The van der Waals surface area contributed by atoms with Crippen molar-refractivity contribution in [3.8, 4) is 0 Å². The van der Waals surface area contributed by atoms with Gasteiger partial charge in [-0.15, -0.1) is 0 Å². The summed E-state index contributed by atoms with van der Waals surface area (Å²) in [7, 11) is 0. The van der Waals surface area contributed by atoms with Gasteiger partial charge in [0.2, 0.25) is 0 Å². The fourth-order valence-corrected chi connectivity index (χ4v) is 2.41. The SMILES string of the molecule is CCCNC(c1ccc(CC)o1)c1cc(F)c(F)cc1Cl. The molecule has 1 atom stereocenters. The average molecular weight is 314 g/mol. The Morgan fingerprint density at radius 3 is 2.52 bits per heavy atom. The molecule has 1 N–H and O–H groups in total. The lowest BCUT2D eigenvalue weighted by atomic mass is 10.0. The van der Waals surface area contributed by atoms with Crippen molar-refractivity contribution in [1.29, 1.82) is 0 Å². The normalized spacial score (nSPS) is 12.6. The van der Waals surface area contributed by atoms with Crippen LogP contribution in [0.4, 0.5) is 8.78 Å². The lowest BCUT2D eigenvalue weighted by Gasteiger charge is -2.18. The van der Waals surface area contributed by atoms with Crippen LogP contribution in [0.15, 0.2) is 28.7 Å². The summed E-state index contributed by atoms with van der Waals surface area (Å²) in [5, 5.41) is 3.44. The summed E-state index contributed by atoms with van der Waals surface area (Å²) in [4.78, 5) is 0. The van der Waals surface area contributed by atoms with Crippen LogP contribution in [0.5, 0.6) is 0 Å². The molecule has 0 amide bonds. The van der Waals surface area contributed by atoms with E-state index in [9.17, 15) is 8.78 Å². The lowest BCUT2D eigenvalue weighted by molar-refractivity contribution is 0.420. The van der Waals surface area contributed by atoms with E-state index in [1.165, 1.54) is 0 Å². The largest absolute Gasteiger partial charge is 0.464 e. The van der Waals surface area contributed by atoms with E-state index in [0.717, 1.165) is 30.7 Å². The van der Waals surface area contributed by atoms with E-state index in [1.807, 2.05) is 26.0 Å². The van der Waals surface area contributed by atoms with Gasteiger partial charge < -0.3 is 9.73 Å². The number of nitrogens with one attached hydrogen (secondary N) is 1. The summed E-state index contributed by atoms with van der Waals surface area (Å²) < 4.78 is 32.5. The van der Waals surface area contributed by atoms with E-state index in [-0.39, 0.29) is 5.02 Å². The third kappa shape index (κ3) is 3.63. The monoisotopic (exact) mass is 313 g/mol. The van der Waals surface area contributed by atoms with Gasteiger partial charge in [0.05, 0.1) is 6.04 Å². The molecule has 1 aromatic carbocycles. The van der Waals surface area contributed by atoms with E-state index < -0.39 is 17.7 Å². The van der Waals surface area contributed by atoms with Crippen LogP contribution in [-0.2, 0) is 6.42 Å². The molecule has 2 aromatic rings. The van der Waals surface area contributed by atoms with Crippen molar-refractivity contribution in [2.24, 2.45) is 0 Å². The zero-order valence-electron chi connectivity index (χ0n) is 12.1. The Morgan fingerprint density at radius 2 is 1.90 bits per heavy atom. The van der Waals surface area contributed by atoms with Gasteiger partial charge in [-0.05, 0) is 42.8 Å². The van der Waals surface area contributed by atoms with Crippen LogP contribution in [0.2, 0.25) is 5.02 Å². The standard InChI is InChI=1S/C16H18ClF2NO/c1-3-7-20-16(15-6-5-10(4-2)21-15)11-8-13(18)14(19)9-12(11)17/h5-6,8-9,16,20H,3-4,7H2,1-2H3. The van der Waals surface area contributed by atoms with Crippen LogP contribution in [0, 0.1) is 11.6 Å². The van der Waals surface area contributed by atoms with Crippen LogP contribution in [0.1, 0.15) is 43.4 Å². The summed E-state index contributed by atoms with van der Waals surface area (Å²) in [6.45, 7) is 4.72. The predicted molar refractivity (Wildman–Crippen MR) is 79.6 cm³/mol. The van der Waals surface area contributed by atoms with Gasteiger partial charge in [-0.3, -0.25) is 0 Å². The van der Waals surface area contributed by atoms with Gasteiger partial charge in [0, 0.05) is 11.4 Å². The van der Waals surface area contributed by atoms with Gasteiger partial charge in [0.1, 0.15) is 11.5 Å². The second-order valence-corrected chi connectivity index (χ2v) is 5.24. The maximum Gasteiger partial charge on any atom is 0.160 e. The number of rotatable bonds is 6. The molecule has 21 heavy (non-hydrogen) atoms. The van der Waals surface area contributed by atoms with Crippen LogP contribution < -0.4 is 5.32 Å². The Morgan fingerprint density at radius 1 is 1.19 bits per heavy atom. The van der Waals surface area contributed by atoms with Gasteiger partial charge in [-0.2, -0.15) is 0 Å². The van der Waals surface area contributed by atoms with E-state index in [2.05, 4.69) is 5.32 Å². The number of halogens is 3. The molecule has 0 bridgehead atoms. The minimum absolute atomic E-state index is 0.178. The molecule has 2 rings (SSSR count). The zero-order chi connectivity index (χ0) is 15.4. The third-order valence-corrected chi connectivity index (χ3v) is 3.59. The van der Waals surface area contributed by atoms with E-state index >= 15 is 0 Å². The van der Waals surface area contributed by atoms with Crippen LogP contribution in [0.25, 0.3) is 0 Å². The molecule has 0 aliphatic heterocycles. The number of benzene rings is 1. The van der Waals surface area contributed by atoms with Crippen molar-refractivity contribution >= 4 is 11.6 Å². The Kier molecular flexibility index (Phi) is 5.37. The Labute approximate surface area is 128 Å². The fraction of sp³-hybridized carbons (Fsp3) is 0.375. The molecular formula is C16H18ClF2NO. The van der Waals surface area contributed by atoms with E-state index in [0.29, 0.717) is 17.9 Å². The molecule has 0 aliphatic rings. The molecule has 0 saturated heterocycles. The van der Waals surface area contributed by atoms with Gasteiger partial charge in [-0.25, -0.2) is 8.78 Å². The van der Waals surface area contributed by atoms with Crippen molar-refractivity contribution in [1.82, 2.24) is 5.32 Å². The molecule has 0 radical (unpaired) electrons. The number of furan rings is 1. The molecule has 114 valence electrons. The highest BCUT2D eigenvalue weighted by atomic mass is 35.5. The minimum atomic E-state index is -0.952. The Balaban J connectivity index is 2.42. The molecule has 1 heterocycles. The highest BCUT2D eigenvalue weighted by molar-refractivity contribution is 6.31. The Hall–Kier alpha value is -1.39. The summed E-state index contributed by atoms with van der Waals surface area (Å²) in [6, 6.07) is 5.44. The van der Waals surface area contributed by atoms with Crippen LogP contribution in [-0.4, -0.2) is 6.54 Å². The quantitative estimate of drug-likeness (QED) is 0.770. The van der Waals surface area contributed by atoms with Gasteiger partial charge >= 0.3 is 0 Å². The second-order valence-electron chi connectivity index (χ2n) is 4.83. The van der Waals surface area contributed by atoms with Crippen LogP contribution in [0.3, 0.4) is 0 Å². The first-order chi connectivity index (χ1) is 10.1. The lowest BCUT2D eigenvalue weighted by Crippen LogP contribution is -2.23. The highest BCUT2D eigenvalue weighted by Gasteiger charge is 2.22. The molecule has 5 heteroatoms. The molecule has 1 aromatic heterocycles. The number of hydrogen-bond donors (Lipinski definition) is 1. The number of aryl methyl sites for hydroxylation is 1. The first-order valence-electron chi connectivity index (χ1n) is 7.03. The molecule has 0 fully saturated rings. The van der Waals surface area contributed by atoms with E-state index in [1.54, 1.807) is 0 Å². The maximum atomic E-state index is 13.5. The predicted octanol–water partition coefficient (Wildman–Crippen LogP) is 4.86. The molecule has 2 nitrogen and oxygen atoms in total. The van der Waals surface area contributed by atoms with Crippen molar-refractivity contribution in [3.63, 3.8) is 0 Å². The molecule has 1 unspecified atom stereocenters. The first-order valence-corrected chi connectivity index (χ1v) is 7.41. The number of hydrogen-bond acceptors (Lipinski definition) is 2. The fourth-order valence-electron chi connectivity index (χ4n) is 2.15. The summed E-state index contributed by atoms with van der Waals surface area (Å²) in [5.74, 6) is -0.383. The topological polar surface area (TPSA) is 25.2 Å². The van der Waals surface area contributed by atoms with Crippen molar-refractivity contribution in [2.45, 2.75) is 32.7 Å². The molecular weight excluding hydrogens is 296 g/mol. The van der Waals surface area contributed by atoms with Crippen LogP contribution >= 0.6 is 11.6 Å². The summed E-state index contributed by atoms with van der Waals surface area (Å²) >= 11 is 6.08. The maximum absolute atomic E-state index is 13.5. The van der Waals surface area contributed by atoms with Gasteiger partial charge in [-0.1, -0.05) is 25.4 Å². The average Bonchev–Trinajstić information content (AvgIpc) is 2.93. The third-order valence-electron chi connectivity index (χ3n) is 3.26. The van der Waals surface area contributed by atoms with Crippen molar-refractivity contribution in [2.75, 3.05) is 6.54 Å². The Bertz CT molecular complexity index is 612. The van der Waals surface area contributed by atoms with E-state index in [4.69, 9.17) is 16.0 Å². The highest BCUT2D eigenvalue weighted by Crippen LogP contribution is 2.31. The second kappa shape index (κ2) is 7.05. The van der Waals surface area contributed by atoms with Gasteiger partial charge in [0.15, 0.2) is 11.6 Å². The molecule has 0 aliphatic carbocycles. The minimum Gasteiger partial charge on any atom is -0.464 e. The summed E-state index contributed by atoms with van der Waals surface area (Å²) in [5.41, 5.74) is 0.473. The summed E-state index contributed by atoms with van der Waals surface area (Å²) in [6.07, 6.45) is 1.67. The first kappa shape index (κ1) is 16.0. The molecule has 0 saturated carbocycles. The molecule has 0 spiro atoms. The van der Waals surface area contributed by atoms with Gasteiger partial charge in [0.25, 0.3) is 0 Å².